The Balaban J connectivity index is 2.33. The van der Waals surface area contributed by atoms with Crippen LogP contribution in [-0.2, 0) is 4.79 Å². The fourth-order valence-electron chi connectivity index (χ4n) is 2.22. The van der Waals surface area contributed by atoms with Gasteiger partial charge in [-0.25, -0.2) is 4.79 Å². The Morgan fingerprint density at radius 2 is 2.27 bits per heavy atom. The Hall–Kier alpha value is -0.830. The standard InChI is InChI=1S/C12H21NO2/c1-9(11(14)15)8-13-10-5-4-6-12(2,3)7-10/h10,13H,1,4-8H2,2-3H3,(H,14,15). The van der Waals surface area contributed by atoms with Crippen molar-refractivity contribution in [2.24, 2.45) is 5.41 Å². The monoisotopic (exact) mass is 211 g/mol. The zero-order valence-corrected chi connectivity index (χ0v) is 9.68. The summed E-state index contributed by atoms with van der Waals surface area (Å²) in [5, 5.41) is 12.0. The lowest BCUT2D eigenvalue weighted by Gasteiger charge is -2.35. The molecule has 0 spiro atoms. The predicted octanol–water partition coefficient (Wildman–Crippen LogP) is 2.19. The summed E-state index contributed by atoms with van der Waals surface area (Å²) >= 11 is 0. The lowest BCUT2D eigenvalue weighted by Crippen LogP contribution is -2.38. The minimum Gasteiger partial charge on any atom is -0.478 e. The van der Waals surface area contributed by atoms with Gasteiger partial charge in [0.05, 0.1) is 0 Å². The van der Waals surface area contributed by atoms with E-state index in [1.807, 2.05) is 0 Å². The molecule has 1 rings (SSSR count). The van der Waals surface area contributed by atoms with E-state index in [9.17, 15) is 4.79 Å². The first-order valence-electron chi connectivity index (χ1n) is 5.55. The van der Waals surface area contributed by atoms with Gasteiger partial charge in [0.15, 0.2) is 0 Å². The van der Waals surface area contributed by atoms with Crippen molar-refractivity contribution < 1.29 is 9.90 Å². The minimum atomic E-state index is -0.905. The highest BCUT2D eigenvalue weighted by atomic mass is 16.4. The van der Waals surface area contributed by atoms with Gasteiger partial charge in [-0.15, -0.1) is 0 Å². The molecule has 0 aromatic carbocycles. The van der Waals surface area contributed by atoms with Crippen molar-refractivity contribution in [1.82, 2.24) is 5.32 Å². The summed E-state index contributed by atoms with van der Waals surface area (Å²) in [4.78, 5) is 10.6. The lowest BCUT2D eigenvalue weighted by atomic mass is 9.75. The second kappa shape index (κ2) is 4.79. The molecule has 0 aromatic rings. The van der Waals surface area contributed by atoms with E-state index in [4.69, 9.17) is 5.11 Å². The maximum Gasteiger partial charge on any atom is 0.332 e. The first kappa shape index (κ1) is 12.2. The van der Waals surface area contributed by atoms with Gasteiger partial charge in [0.2, 0.25) is 0 Å². The van der Waals surface area contributed by atoms with Crippen LogP contribution in [0, 0.1) is 5.41 Å². The molecule has 1 aliphatic rings. The molecule has 1 unspecified atom stereocenters. The quantitative estimate of drug-likeness (QED) is 0.701. The van der Waals surface area contributed by atoms with Gasteiger partial charge in [-0.2, -0.15) is 0 Å². The number of rotatable bonds is 4. The molecular weight excluding hydrogens is 190 g/mol. The van der Waals surface area contributed by atoms with E-state index in [-0.39, 0.29) is 5.57 Å². The molecule has 0 radical (unpaired) electrons. The van der Waals surface area contributed by atoms with Gasteiger partial charge < -0.3 is 10.4 Å². The highest BCUT2D eigenvalue weighted by Gasteiger charge is 2.27. The molecule has 0 aromatic heterocycles. The van der Waals surface area contributed by atoms with Crippen molar-refractivity contribution in [2.45, 2.75) is 45.6 Å². The molecule has 0 heterocycles. The first-order valence-corrected chi connectivity index (χ1v) is 5.55. The van der Waals surface area contributed by atoms with Crippen molar-refractivity contribution in [3.63, 3.8) is 0 Å². The molecule has 0 aliphatic heterocycles. The van der Waals surface area contributed by atoms with Gasteiger partial charge in [-0.05, 0) is 24.7 Å². The molecule has 0 saturated heterocycles. The van der Waals surface area contributed by atoms with Crippen LogP contribution in [0.4, 0.5) is 0 Å². The largest absolute Gasteiger partial charge is 0.478 e. The van der Waals surface area contributed by atoms with Gasteiger partial charge in [-0.3, -0.25) is 0 Å². The molecule has 0 amide bonds. The van der Waals surface area contributed by atoms with Gasteiger partial charge in [0.1, 0.15) is 0 Å². The Kier molecular flexibility index (Phi) is 3.91. The van der Waals surface area contributed by atoms with Crippen LogP contribution in [0.15, 0.2) is 12.2 Å². The van der Waals surface area contributed by atoms with Crippen LogP contribution in [0.3, 0.4) is 0 Å². The van der Waals surface area contributed by atoms with Crippen molar-refractivity contribution in [3.8, 4) is 0 Å². The summed E-state index contributed by atoms with van der Waals surface area (Å²) in [7, 11) is 0. The maximum absolute atomic E-state index is 10.6. The molecule has 15 heavy (non-hydrogen) atoms. The summed E-state index contributed by atoms with van der Waals surface area (Å²) in [5.74, 6) is -0.905. The second-order valence-electron chi connectivity index (χ2n) is 5.25. The van der Waals surface area contributed by atoms with Crippen LogP contribution in [0.2, 0.25) is 0 Å². The molecule has 86 valence electrons. The molecule has 3 heteroatoms. The van der Waals surface area contributed by atoms with Gasteiger partial charge in [0.25, 0.3) is 0 Å². The van der Waals surface area contributed by atoms with Crippen molar-refractivity contribution >= 4 is 5.97 Å². The number of carboxylic acid groups (broad SMARTS) is 1. The topological polar surface area (TPSA) is 49.3 Å². The van der Waals surface area contributed by atoms with Crippen LogP contribution in [0.25, 0.3) is 0 Å². The zero-order valence-electron chi connectivity index (χ0n) is 9.68. The SMILES string of the molecule is C=C(CNC1CCCC(C)(C)C1)C(=O)O. The fourth-order valence-corrected chi connectivity index (χ4v) is 2.22. The molecule has 1 fully saturated rings. The number of hydrogen-bond acceptors (Lipinski definition) is 2. The number of nitrogens with one attached hydrogen (secondary N) is 1. The highest BCUT2D eigenvalue weighted by Crippen LogP contribution is 2.34. The summed E-state index contributed by atoms with van der Waals surface area (Å²) in [6, 6.07) is 0.449. The number of carboxylic acids is 1. The molecule has 3 nitrogen and oxygen atoms in total. The molecular formula is C12H21NO2. The maximum atomic E-state index is 10.6. The average molecular weight is 211 g/mol. The Bertz CT molecular complexity index is 258. The lowest BCUT2D eigenvalue weighted by molar-refractivity contribution is -0.132. The van der Waals surface area contributed by atoms with E-state index in [2.05, 4.69) is 25.7 Å². The van der Waals surface area contributed by atoms with Crippen LogP contribution >= 0.6 is 0 Å². The minimum absolute atomic E-state index is 0.248. The van der Waals surface area contributed by atoms with E-state index in [0.717, 1.165) is 12.8 Å². The number of carbonyl (C=O) groups is 1. The Labute approximate surface area is 91.6 Å². The van der Waals surface area contributed by atoms with Crippen LogP contribution in [0.1, 0.15) is 39.5 Å². The van der Waals surface area contributed by atoms with Gasteiger partial charge in [-0.1, -0.05) is 26.8 Å². The third-order valence-corrected chi connectivity index (χ3v) is 3.11. The summed E-state index contributed by atoms with van der Waals surface area (Å²) in [6.07, 6.45) is 4.77. The normalized spacial score (nSPS) is 24.8. The van der Waals surface area contributed by atoms with E-state index < -0.39 is 5.97 Å². The third-order valence-electron chi connectivity index (χ3n) is 3.11. The fraction of sp³-hybridized carbons (Fsp3) is 0.750. The van der Waals surface area contributed by atoms with Crippen LogP contribution in [-0.4, -0.2) is 23.7 Å². The summed E-state index contributed by atoms with van der Waals surface area (Å²) in [6.45, 7) is 8.45. The van der Waals surface area contributed by atoms with E-state index in [0.29, 0.717) is 18.0 Å². The van der Waals surface area contributed by atoms with Gasteiger partial charge in [0, 0.05) is 18.2 Å². The van der Waals surface area contributed by atoms with Crippen molar-refractivity contribution in [3.05, 3.63) is 12.2 Å². The first-order chi connectivity index (χ1) is 6.91. The highest BCUT2D eigenvalue weighted by molar-refractivity contribution is 5.86. The number of hydrogen-bond donors (Lipinski definition) is 2. The Morgan fingerprint density at radius 1 is 1.60 bits per heavy atom. The summed E-state index contributed by atoms with van der Waals surface area (Å²) < 4.78 is 0. The van der Waals surface area contributed by atoms with Crippen molar-refractivity contribution in [1.29, 1.82) is 0 Å². The van der Waals surface area contributed by atoms with Crippen LogP contribution < -0.4 is 5.32 Å². The smallest absolute Gasteiger partial charge is 0.332 e. The third kappa shape index (κ3) is 4.04. The molecule has 1 saturated carbocycles. The average Bonchev–Trinajstić information content (AvgIpc) is 2.12. The number of aliphatic carboxylic acids is 1. The molecule has 1 aliphatic carbocycles. The van der Waals surface area contributed by atoms with Crippen LogP contribution in [0.5, 0.6) is 0 Å². The zero-order chi connectivity index (χ0) is 11.5. The molecule has 2 N–H and O–H groups in total. The second-order valence-corrected chi connectivity index (χ2v) is 5.25. The van der Waals surface area contributed by atoms with E-state index in [1.54, 1.807) is 0 Å². The predicted molar refractivity (Wildman–Crippen MR) is 60.8 cm³/mol. The van der Waals surface area contributed by atoms with E-state index >= 15 is 0 Å². The van der Waals surface area contributed by atoms with E-state index in [1.165, 1.54) is 12.8 Å². The summed E-state index contributed by atoms with van der Waals surface area (Å²) in [5.41, 5.74) is 0.638. The molecule has 1 atom stereocenters. The molecule has 0 bridgehead atoms. The Morgan fingerprint density at radius 3 is 2.80 bits per heavy atom. The van der Waals surface area contributed by atoms with Gasteiger partial charge >= 0.3 is 5.97 Å². The van der Waals surface area contributed by atoms with Crippen molar-refractivity contribution in [2.75, 3.05) is 6.54 Å².